The minimum Gasteiger partial charge on any atom is -0.376 e. The molecule has 5 nitrogen and oxygen atoms in total. The Morgan fingerprint density at radius 2 is 2.29 bits per heavy atom. The highest BCUT2D eigenvalue weighted by Gasteiger charge is 2.24. The van der Waals surface area contributed by atoms with Crippen LogP contribution < -0.4 is 0 Å². The molecule has 2 aliphatic heterocycles. The first-order valence-corrected chi connectivity index (χ1v) is 7.64. The molecule has 0 spiro atoms. The van der Waals surface area contributed by atoms with Crippen molar-refractivity contribution in [2.75, 3.05) is 19.8 Å². The van der Waals surface area contributed by atoms with Crippen LogP contribution in [0.25, 0.3) is 0 Å². The highest BCUT2D eigenvalue weighted by Crippen LogP contribution is 2.22. The lowest BCUT2D eigenvalue weighted by atomic mass is 10.1. The average Bonchev–Trinajstić information content (AvgIpc) is 2.91. The van der Waals surface area contributed by atoms with Crippen LogP contribution in [0.2, 0.25) is 0 Å². The van der Waals surface area contributed by atoms with Crippen LogP contribution >= 0.6 is 0 Å². The topological polar surface area (TPSA) is 51.7 Å². The standard InChI is InChI=1S/C16H22N2O3/c1-12-6-13-8-18(9-14(13)7-17-12)16(19)11-20-10-15-4-2-3-5-21-15/h6-7,15H,2-5,8-11H2,1H3/t15-/m0/s1. The minimum atomic E-state index is 0.0414. The molecule has 1 fully saturated rings. The maximum Gasteiger partial charge on any atom is 0.249 e. The van der Waals surface area contributed by atoms with Crippen LogP contribution in [0.15, 0.2) is 12.3 Å². The molecule has 114 valence electrons. The van der Waals surface area contributed by atoms with Gasteiger partial charge in [-0.3, -0.25) is 9.78 Å². The third-order valence-electron chi connectivity index (χ3n) is 4.10. The summed E-state index contributed by atoms with van der Waals surface area (Å²) in [6.45, 7) is 4.76. The zero-order chi connectivity index (χ0) is 14.7. The first-order valence-electron chi connectivity index (χ1n) is 7.64. The fraction of sp³-hybridized carbons (Fsp3) is 0.625. The van der Waals surface area contributed by atoms with Gasteiger partial charge in [-0.05, 0) is 43.4 Å². The molecule has 1 atom stereocenters. The molecule has 5 heteroatoms. The Kier molecular flexibility index (Phi) is 4.51. The molecule has 0 aromatic carbocycles. The van der Waals surface area contributed by atoms with Gasteiger partial charge in [0.05, 0.1) is 12.7 Å². The average molecular weight is 290 g/mol. The highest BCUT2D eigenvalue weighted by molar-refractivity contribution is 5.78. The minimum absolute atomic E-state index is 0.0414. The lowest BCUT2D eigenvalue weighted by molar-refractivity contribution is -0.138. The van der Waals surface area contributed by atoms with Gasteiger partial charge in [0.25, 0.3) is 0 Å². The highest BCUT2D eigenvalue weighted by atomic mass is 16.5. The van der Waals surface area contributed by atoms with E-state index in [-0.39, 0.29) is 18.6 Å². The third-order valence-corrected chi connectivity index (χ3v) is 4.10. The second-order valence-electron chi connectivity index (χ2n) is 5.85. The maximum absolute atomic E-state index is 12.2. The molecule has 1 aromatic heterocycles. The summed E-state index contributed by atoms with van der Waals surface area (Å²) < 4.78 is 11.1. The van der Waals surface area contributed by atoms with Crippen molar-refractivity contribution in [1.29, 1.82) is 0 Å². The number of amides is 1. The fourth-order valence-electron chi connectivity index (χ4n) is 2.89. The number of nitrogens with zero attached hydrogens (tertiary/aromatic N) is 2. The van der Waals surface area contributed by atoms with Crippen LogP contribution in [0.1, 0.15) is 36.1 Å². The van der Waals surface area contributed by atoms with Crippen LogP contribution in [0, 0.1) is 6.92 Å². The fourth-order valence-corrected chi connectivity index (χ4v) is 2.89. The van der Waals surface area contributed by atoms with Crippen molar-refractivity contribution < 1.29 is 14.3 Å². The number of aryl methyl sites for hydroxylation is 1. The number of aromatic nitrogens is 1. The Balaban J connectivity index is 1.44. The van der Waals surface area contributed by atoms with E-state index in [9.17, 15) is 4.79 Å². The number of carbonyl (C=O) groups is 1. The zero-order valence-electron chi connectivity index (χ0n) is 12.5. The van der Waals surface area contributed by atoms with E-state index in [1.54, 1.807) is 0 Å². The molecule has 0 unspecified atom stereocenters. The van der Waals surface area contributed by atoms with Crippen molar-refractivity contribution in [1.82, 2.24) is 9.88 Å². The van der Waals surface area contributed by atoms with E-state index in [2.05, 4.69) is 11.1 Å². The summed E-state index contributed by atoms with van der Waals surface area (Å²) in [5, 5.41) is 0. The van der Waals surface area contributed by atoms with Crippen molar-refractivity contribution in [3.8, 4) is 0 Å². The molecule has 21 heavy (non-hydrogen) atoms. The van der Waals surface area contributed by atoms with E-state index < -0.39 is 0 Å². The second kappa shape index (κ2) is 6.54. The monoisotopic (exact) mass is 290 g/mol. The molecular formula is C16H22N2O3. The Bertz CT molecular complexity index is 512. The predicted molar refractivity (Wildman–Crippen MR) is 77.6 cm³/mol. The smallest absolute Gasteiger partial charge is 0.249 e. The lowest BCUT2D eigenvalue weighted by Crippen LogP contribution is -2.31. The largest absolute Gasteiger partial charge is 0.376 e. The molecule has 0 saturated carbocycles. The van der Waals surface area contributed by atoms with Gasteiger partial charge in [0.1, 0.15) is 6.61 Å². The van der Waals surface area contributed by atoms with Crippen LogP contribution in [-0.2, 0) is 27.4 Å². The van der Waals surface area contributed by atoms with Gasteiger partial charge in [0.2, 0.25) is 5.91 Å². The molecule has 0 aliphatic carbocycles. The molecule has 0 bridgehead atoms. The number of fused-ring (bicyclic) bond motifs is 1. The van der Waals surface area contributed by atoms with Crippen LogP contribution in [-0.4, -0.2) is 41.7 Å². The van der Waals surface area contributed by atoms with Gasteiger partial charge in [-0.25, -0.2) is 0 Å². The number of ether oxygens (including phenoxy) is 2. The van der Waals surface area contributed by atoms with Crippen LogP contribution in [0.3, 0.4) is 0 Å². The van der Waals surface area contributed by atoms with E-state index in [0.717, 1.165) is 30.7 Å². The lowest BCUT2D eigenvalue weighted by Gasteiger charge is -2.22. The van der Waals surface area contributed by atoms with Gasteiger partial charge in [0, 0.05) is 31.6 Å². The maximum atomic E-state index is 12.2. The Morgan fingerprint density at radius 3 is 3.10 bits per heavy atom. The van der Waals surface area contributed by atoms with Crippen molar-refractivity contribution in [2.45, 2.75) is 45.4 Å². The van der Waals surface area contributed by atoms with Gasteiger partial charge in [-0.1, -0.05) is 0 Å². The summed E-state index contributed by atoms with van der Waals surface area (Å²) >= 11 is 0. The molecular weight excluding hydrogens is 268 g/mol. The molecule has 3 rings (SSSR count). The molecule has 1 saturated heterocycles. The van der Waals surface area contributed by atoms with E-state index in [0.29, 0.717) is 19.7 Å². The van der Waals surface area contributed by atoms with Crippen LogP contribution in [0.5, 0.6) is 0 Å². The Hall–Kier alpha value is -1.46. The van der Waals surface area contributed by atoms with Crippen molar-refractivity contribution >= 4 is 5.91 Å². The Labute approximate surface area is 125 Å². The second-order valence-corrected chi connectivity index (χ2v) is 5.85. The number of hydrogen-bond acceptors (Lipinski definition) is 4. The molecule has 0 N–H and O–H groups in total. The van der Waals surface area contributed by atoms with E-state index in [1.165, 1.54) is 12.0 Å². The summed E-state index contributed by atoms with van der Waals surface area (Å²) in [5.74, 6) is 0.0414. The summed E-state index contributed by atoms with van der Waals surface area (Å²) in [5.41, 5.74) is 3.34. The van der Waals surface area contributed by atoms with Gasteiger partial charge in [-0.15, -0.1) is 0 Å². The van der Waals surface area contributed by atoms with Crippen LogP contribution in [0.4, 0.5) is 0 Å². The molecule has 3 heterocycles. The molecule has 2 aliphatic rings. The SMILES string of the molecule is Cc1cc2c(cn1)CN(C(=O)COC[C@@H]1CCCCO1)C2. The normalized spacial score (nSPS) is 21.4. The summed E-state index contributed by atoms with van der Waals surface area (Å²) in [7, 11) is 0. The van der Waals surface area contributed by atoms with Crippen molar-refractivity contribution in [3.05, 3.63) is 29.1 Å². The molecule has 1 amide bonds. The quantitative estimate of drug-likeness (QED) is 0.849. The van der Waals surface area contributed by atoms with Crippen molar-refractivity contribution in [2.24, 2.45) is 0 Å². The summed E-state index contributed by atoms with van der Waals surface area (Å²) in [6.07, 6.45) is 5.39. The molecule has 0 radical (unpaired) electrons. The predicted octanol–water partition coefficient (Wildman–Crippen LogP) is 1.82. The number of rotatable bonds is 4. The Morgan fingerprint density at radius 1 is 1.43 bits per heavy atom. The van der Waals surface area contributed by atoms with E-state index in [4.69, 9.17) is 9.47 Å². The first-order chi connectivity index (χ1) is 10.2. The number of hydrogen-bond donors (Lipinski definition) is 0. The summed E-state index contributed by atoms with van der Waals surface area (Å²) in [6, 6.07) is 2.05. The molecule has 1 aromatic rings. The van der Waals surface area contributed by atoms with Gasteiger partial charge < -0.3 is 14.4 Å². The number of carbonyl (C=O) groups excluding carboxylic acids is 1. The van der Waals surface area contributed by atoms with E-state index in [1.807, 2.05) is 18.0 Å². The first kappa shape index (κ1) is 14.5. The van der Waals surface area contributed by atoms with Gasteiger partial charge in [0.15, 0.2) is 0 Å². The zero-order valence-corrected chi connectivity index (χ0v) is 12.5. The van der Waals surface area contributed by atoms with Gasteiger partial charge >= 0.3 is 0 Å². The van der Waals surface area contributed by atoms with Gasteiger partial charge in [-0.2, -0.15) is 0 Å². The number of pyridine rings is 1. The van der Waals surface area contributed by atoms with E-state index >= 15 is 0 Å². The third kappa shape index (κ3) is 3.60. The summed E-state index contributed by atoms with van der Waals surface area (Å²) in [4.78, 5) is 18.3. The van der Waals surface area contributed by atoms with Crippen molar-refractivity contribution in [3.63, 3.8) is 0 Å².